The fourth-order valence-corrected chi connectivity index (χ4v) is 8.82. The van der Waals surface area contributed by atoms with Gasteiger partial charge >= 0.3 is 5.97 Å². The normalized spacial score (nSPS) is 32.7. The molecular formula is C26H42N2O5S. The number of likely N-dealkylation sites (tertiary alicyclic amines) is 1. The zero-order valence-electron chi connectivity index (χ0n) is 21.4. The van der Waals surface area contributed by atoms with Crippen molar-refractivity contribution in [2.45, 2.75) is 82.4 Å². The second-order valence-electron chi connectivity index (χ2n) is 10.4. The Bertz CT molecular complexity index is 789. The van der Waals surface area contributed by atoms with E-state index in [1.54, 1.807) is 34.6 Å². The molecule has 3 saturated heterocycles. The molecule has 3 aliphatic rings. The number of unbranched alkanes of at least 4 members (excludes halogenated alkanes) is 1. The monoisotopic (exact) mass is 494 g/mol. The van der Waals surface area contributed by atoms with Crippen molar-refractivity contribution >= 4 is 29.5 Å². The number of esters is 1. The smallest absolute Gasteiger partial charge is 0.310 e. The van der Waals surface area contributed by atoms with Gasteiger partial charge in [-0.2, -0.15) is 0 Å². The first-order chi connectivity index (χ1) is 16.2. The maximum Gasteiger partial charge on any atom is 0.310 e. The second-order valence-corrected chi connectivity index (χ2v) is 12.0. The first-order valence-electron chi connectivity index (χ1n) is 12.9. The van der Waals surface area contributed by atoms with E-state index in [0.717, 1.165) is 19.3 Å². The average Bonchev–Trinajstić information content (AvgIpc) is 3.38. The summed E-state index contributed by atoms with van der Waals surface area (Å²) >= 11 is 1.65. The van der Waals surface area contributed by atoms with Gasteiger partial charge in [-0.25, -0.2) is 0 Å². The molecule has 0 aromatic heterocycles. The van der Waals surface area contributed by atoms with Crippen LogP contribution in [0.15, 0.2) is 12.7 Å². The van der Waals surface area contributed by atoms with E-state index in [1.807, 2.05) is 0 Å². The Morgan fingerprint density at radius 2 is 2.09 bits per heavy atom. The van der Waals surface area contributed by atoms with Gasteiger partial charge in [0, 0.05) is 18.3 Å². The minimum atomic E-state index is -0.706. The molecule has 3 heterocycles. The first kappa shape index (κ1) is 27.1. The van der Waals surface area contributed by atoms with Crippen LogP contribution in [-0.2, 0) is 19.1 Å². The van der Waals surface area contributed by atoms with Gasteiger partial charge in [-0.1, -0.05) is 40.2 Å². The van der Waals surface area contributed by atoms with Gasteiger partial charge < -0.3 is 19.6 Å². The van der Waals surface area contributed by atoms with Crippen molar-refractivity contribution in [3.63, 3.8) is 0 Å². The molecule has 0 aromatic rings. The molecule has 0 radical (unpaired) electrons. The highest BCUT2D eigenvalue weighted by Crippen LogP contribution is 2.69. The number of ether oxygens (including phenoxy) is 1. The van der Waals surface area contributed by atoms with Gasteiger partial charge in [0.25, 0.3) is 0 Å². The van der Waals surface area contributed by atoms with Gasteiger partial charge in [0.15, 0.2) is 0 Å². The van der Waals surface area contributed by atoms with Crippen LogP contribution in [-0.4, -0.2) is 81.1 Å². The predicted molar refractivity (Wildman–Crippen MR) is 134 cm³/mol. The van der Waals surface area contributed by atoms with E-state index in [0.29, 0.717) is 19.5 Å². The predicted octanol–water partition coefficient (Wildman–Crippen LogP) is 3.11. The third kappa shape index (κ3) is 4.41. The Labute approximate surface area is 208 Å². The number of fused-ring (bicyclic) bond motifs is 1. The molecular weight excluding hydrogens is 452 g/mol. The summed E-state index contributed by atoms with van der Waals surface area (Å²) in [6.45, 7) is 15.0. The summed E-state index contributed by atoms with van der Waals surface area (Å²) in [6.07, 6.45) is 4.92. The molecule has 0 aromatic carbocycles. The van der Waals surface area contributed by atoms with E-state index in [9.17, 15) is 19.5 Å². The van der Waals surface area contributed by atoms with Crippen molar-refractivity contribution < 1.29 is 24.2 Å². The lowest BCUT2D eigenvalue weighted by Gasteiger charge is -2.42. The van der Waals surface area contributed by atoms with Gasteiger partial charge in [0.2, 0.25) is 11.8 Å². The van der Waals surface area contributed by atoms with E-state index in [1.165, 1.54) is 0 Å². The quantitative estimate of drug-likeness (QED) is 0.331. The summed E-state index contributed by atoms with van der Waals surface area (Å²) in [4.78, 5) is 44.9. The van der Waals surface area contributed by atoms with Crippen molar-refractivity contribution in [2.24, 2.45) is 23.7 Å². The number of nitrogens with zero attached hydrogens (tertiary/aromatic N) is 2. The van der Waals surface area contributed by atoms with Gasteiger partial charge in [0.05, 0.1) is 35.8 Å². The molecule has 2 amide bonds. The lowest BCUT2D eigenvalue weighted by atomic mass is 9.66. The summed E-state index contributed by atoms with van der Waals surface area (Å²) in [6, 6.07) is -1.17. The highest BCUT2D eigenvalue weighted by atomic mass is 32.2. The Kier molecular flexibility index (Phi) is 8.77. The highest BCUT2D eigenvalue weighted by Gasteiger charge is 2.77. The summed E-state index contributed by atoms with van der Waals surface area (Å²) in [5, 5.41) is 10.3. The summed E-state index contributed by atoms with van der Waals surface area (Å²) in [5.41, 5.74) is 0. The number of carbonyl (C=O) groups is 3. The number of rotatable bonds is 12. The minimum Gasteiger partial charge on any atom is -0.466 e. The molecule has 7 atom stereocenters. The number of hydrogen-bond donors (Lipinski definition) is 1. The van der Waals surface area contributed by atoms with E-state index >= 15 is 0 Å². The molecule has 34 heavy (non-hydrogen) atoms. The molecule has 8 heteroatoms. The van der Waals surface area contributed by atoms with E-state index in [4.69, 9.17) is 4.74 Å². The standard InChI is InChI=1S/C26H42N2O5S/c1-7-10-12-27(11-8-2)24(31)22-26-17(6)14-19(34-26)20(25(32)33-9-3)21(26)23(30)28(22)18(15-29)13-16(4)5/h8,16-22,29H,2,7,9-15H2,1,3-6H3/t17?,18-,19+,20-,21+,22?,26?/m1/s1. The van der Waals surface area contributed by atoms with Crippen LogP contribution in [0.4, 0.5) is 0 Å². The fraction of sp³-hybridized carbons (Fsp3) is 0.808. The van der Waals surface area contributed by atoms with Crippen LogP contribution in [0, 0.1) is 23.7 Å². The topological polar surface area (TPSA) is 87.2 Å². The molecule has 3 aliphatic heterocycles. The van der Waals surface area contributed by atoms with Crippen LogP contribution in [0.5, 0.6) is 0 Å². The molecule has 3 rings (SSSR count). The van der Waals surface area contributed by atoms with Crippen LogP contribution >= 0.6 is 11.8 Å². The number of hydrogen-bond acceptors (Lipinski definition) is 6. The Morgan fingerprint density at radius 3 is 2.65 bits per heavy atom. The van der Waals surface area contributed by atoms with Crippen molar-refractivity contribution in [1.82, 2.24) is 9.80 Å². The number of amides is 2. The average molecular weight is 495 g/mol. The van der Waals surface area contributed by atoms with Crippen LogP contribution in [0.25, 0.3) is 0 Å². The molecule has 192 valence electrons. The molecule has 3 fully saturated rings. The van der Waals surface area contributed by atoms with Gasteiger partial charge in [-0.05, 0) is 38.0 Å². The number of aliphatic hydroxyl groups is 1. The number of carbonyl (C=O) groups excluding carboxylic acids is 3. The van der Waals surface area contributed by atoms with Crippen LogP contribution < -0.4 is 0 Å². The van der Waals surface area contributed by atoms with Crippen molar-refractivity contribution in [3.8, 4) is 0 Å². The summed E-state index contributed by atoms with van der Waals surface area (Å²) in [5.74, 6) is -1.41. The van der Waals surface area contributed by atoms with E-state index in [2.05, 4.69) is 34.3 Å². The summed E-state index contributed by atoms with van der Waals surface area (Å²) in [7, 11) is 0. The largest absolute Gasteiger partial charge is 0.466 e. The zero-order chi connectivity index (χ0) is 25.2. The third-order valence-corrected chi connectivity index (χ3v) is 9.84. The molecule has 1 spiro atoms. The number of thioether (sulfide) groups is 1. The Morgan fingerprint density at radius 1 is 1.38 bits per heavy atom. The fourth-order valence-electron chi connectivity index (χ4n) is 6.43. The lowest BCUT2D eigenvalue weighted by molar-refractivity contribution is -0.154. The molecule has 3 unspecified atom stereocenters. The maximum absolute atomic E-state index is 14.2. The highest BCUT2D eigenvalue weighted by molar-refractivity contribution is 8.02. The van der Waals surface area contributed by atoms with Crippen LogP contribution in [0.3, 0.4) is 0 Å². The van der Waals surface area contributed by atoms with Gasteiger partial charge in [0.1, 0.15) is 6.04 Å². The molecule has 0 saturated carbocycles. The number of aliphatic hydroxyl groups excluding tert-OH is 1. The molecule has 2 bridgehead atoms. The third-order valence-electron chi connectivity index (χ3n) is 7.77. The van der Waals surface area contributed by atoms with Crippen molar-refractivity contribution in [1.29, 1.82) is 0 Å². The summed E-state index contributed by atoms with van der Waals surface area (Å²) < 4.78 is 4.72. The second kappa shape index (κ2) is 11.0. The SMILES string of the molecule is C=CCN(CCCC)C(=O)C1N([C@@H](CO)CC(C)C)C(=O)[C@@H]2[C@H](C(=O)OCC)[C@@H]3CC(C)C12S3. The Balaban J connectivity index is 2.11. The minimum absolute atomic E-state index is 0.0263. The first-order valence-corrected chi connectivity index (χ1v) is 13.7. The van der Waals surface area contributed by atoms with Crippen molar-refractivity contribution in [3.05, 3.63) is 12.7 Å². The van der Waals surface area contributed by atoms with Gasteiger partial charge in [-0.15, -0.1) is 18.3 Å². The maximum atomic E-state index is 14.2. The zero-order valence-corrected chi connectivity index (χ0v) is 22.2. The van der Waals surface area contributed by atoms with E-state index < -0.39 is 28.7 Å². The lowest BCUT2D eigenvalue weighted by Crippen LogP contribution is -2.59. The van der Waals surface area contributed by atoms with E-state index in [-0.39, 0.29) is 48.1 Å². The van der Waals surface area contributed by atoms with Crippen LogP contribution in [0.1, 0.15) is 60.3 Å². The van der Waals surface area contributed by atoms with Crippen molar-refractivity contribution in [2.75, 3.05) is 26.3 Å². The molecule has 0 aliphatic carbocycles. The van der Waals surface area contributed by atoms with Gasteiger partial charge in [-0.3, -0.25) is 14.4 Å². The molecule has 7 nitrogen and oxygen atoms in total. The Hall–Kier alpha value is -1.54. The van der Waals surface area contributed by atoms with Crippen LogP contribution in [0.2, 0.25) is 0 Å². The molecule has 1 N–H and O–H groups in total.